The number of imidazole rings is 1. The number of carbonyl (C=O) groups excluding carboxylic acids is 1. The first-order valence-electron chi connectivity index (χ1n) is 11.9. The van der Waals surface area contributed by atoms with Crippen molar-refractivity contribution in [3.05, 3.63) is 72.2 Å². The van der Waals surface area contributed by atoms with Crippen LogP contribution >= 0.6 is 0 Å². The van der Waals surface area contributed by atoms with Crippen molar-refractivity contribution in [1.29, 1.82) is 0 Å². The smallest absolute Gasteiger partial charge is 0.224 e. The van der Waals surface area contributed by atoms with Gasteiger partial charge in [-0.1, -0.05) is 18.6 Å². The van der Waals surface area contributed by atoms with Crippen LogP contribution in [0.3, 0.4) is 0 Å². The summed E-state index contributed by atoms with van der Waals surface area (Å²) in [5, 5.41) is 1.24. The lowest BCUT2D eigenvalue weighted by Gasteiger charge is -2.33. The Morgan fingerprint density at radius 1 is 1.18 bits per heavy atom. The predicted molar refractivity (Wildman–Crippen MR) is 131 cm³/mol. The third-order valence-corrected chi connectivity index (χ3v) is 6.82. The maximum absolute atomic E-state index is 13.1. The summed E-state index contributed by atoms with van der Waals surface area (Å²) < 4.78 is 2.10. The van der Waals surface area contributed by atoms with Crippen molar-refractivity contribution < 1.29 is 4.79 Å². The lowest BCUT2D eigenvalue weighted by molar-refractivity contribution is -0.132. The first kappa shape index (κ1) is 21.4. The van der Waals surface area contributed by atoms with E-state index in [1.807, 2.05) is 24.8 Å². The fourth-order valence-corrected chi connectivity index (χ4v) is 5.13. The van der Waals surface area contributed by atoms with Gasteiger partial charge in [-0.05, 0) is 49.6 Å². The van der Waals surface area contributed by atoms with Crippen molar-refractivity contribution in [2.75, 3.05) is 13.1 Å². The number of carbonyl (C=O) groups is 1. The predicted octanol–water partition coefficient (Wildman–Crippen LogP) is 5.09. The fraction of sp³-hybridized carbons (Fsp3) is 0.370. The summed E-state index contributed by atoms with van der Waals surface area (Å²) in [6.07, 6.45) is 11.0. The van der Waals surface area contributed by atoms with E-state index in [0.29, 0.717) is 13.0 Å². The van der Waals surface area contributed by atoms with Gasteiger partial charge in [-0.2, -0.15) is 0 Å². The molecule has 1 amide bonds. The molecule has 170 valence electrons. The maximum Gasteiger partial charge on any atom is 0.224 e. The van der Waals surface area contributed by atoms with Gasteiger partial charge in [0.1, 0.15) is 5.82 Å². The second kappa shape index (κ2) is 9.22. The molecule has 0 aliphatic carbocycles. The van der Waals surface area contributed by atoms with E-state index in [9.17, 15) is 4.79 Å². The molecular weight excluding hydrogens is 410 g/mol. The zero-order chi connectivity index (χ0) is 22.8. The first-order chi connectivity index (χ1) is 16.1. The molecule has 1 aliphatic rings. The molecule has 5 rings (SSSR count). The number of rotatable bonds is 6. The van der Waals surface area contributed by atoms with Gasteiger partial charge in [0.05, 0.1) is 0 Å². The van der Waals surface area contributed by atoms with Gasteiger partial charge in [0.15, 0.2) is 0 Å². The summed E-state index contributed by atoms with van der Waals surface area (Å²) in [7, 11) is 0. The molecular formula is C27H31N5O. The Hall–Kier alpha value is -3.41. The largest absolute Gasteiger partial charge is 0.358 e. The second-order valence-electron chi connectivity index (χ2n) is 9.02. The van der Waals surface area contributed by atoms with Crippen LogP contribution < -0.4 is 0 Å². The first-order valence-corrected chi connectivity index (χ1v) is 11.9. The Morgan fingerprint density at radius 3 is 2.85 bits per heavy atom. The molecule has 6 nitrogen and oxygen atoms in total. The Labute approximate surface area is 194 Å². The molecule has 6 heteroatoms. The van der Waals surface area contributed by atoms with Crippen LogP contribution in [0.1, 0.15) is 49.2 Å². The number of H-pyrrole nitrogens is 1. The topological polar surface area (TPSA) is 66.8 Å². The molecule has 1 atom stereocenters. The van der Waals surface area contributed by atoms with Crippen molar-refractivity contribution in [3.63, 3.8) is 0 Å². The number of likely N-dealkylation sites (tertiary alicyclic amines) is 1. The summed E-state index contributed by atoms with van der Waals surface area (Å²) in [6, 6.07) is 10.7. The van der Waals surface area contributed by atoms with E-state index in [1.54, 1.807) is 0 Å². The van der Waals surface area contributed by atoms with Gasteiger partial charge in [0, 0.05) is 85.3 Å². The van der Waals surface area contributed by atoms with Crippen LogP contribution in [0.4, 0.5) is 0 Å². The number of pyridine rings is 1. The number of amides is 1. The zero-order valence-electron chi connectivity index (χ0n) is 19.4. The van der Waals surface area contributed by atoms with Crippen LogP contribution in [0, 0.1) is 6.92 Å². The number of benzene rings is 1. The zero-order valence-corrected chi connectivity index (χ0v) is 19.4. The van der Waals surface area contributed by atoms with Crippen molar-refractivity contribution in [3.8, 4) is 11.1 Å². The van der Waals surface area contributed by atoms with Crippen LogP contribution in [-0.2, 0) is 17.8 Å². The van der Waals surface area contributed by atoms with Crippen LogP contribution in [-0.4, -0.2) is 43.4 Å². The third kappa shape index (κ3) is 4.30. The minimum Gasteiger partial charge on any atom is -0.358 e. The number of fused-ring (bicyclic) bond motifs is 1. The third-order valence-electron chi connectivity index (χ3n) is 6.82. The van der Waals surface area contributed by atoms with Crippen molar-refractivity contribution in [2.45, 2.75) is 52.0 Å². The lowest BCUT2D eigenvalue weighted by Crippen LogP contribution is -2.39. The van der Waals surface area contributed by atoms with E-state index in [-0.39, 0.29) is 11.8 Å². The average Bonchev–Trinajstić information content (AvgIpc) is 3.47. The minimum absolute atomic E-state index is 0.230. The fourth-order valence-electron chi connectivity index (χ4n) is 5.13. The van der Waals surface area contributed by atoms with Crippen molar-refractivity contribution in [1.82, 2.24) is 24.4 Å². The number of nitrogens with zero attached hydrogens (tertiary/aromatic N) is 4. The molecule has 1 saturated heterocycles. The van der Waals surface area contributed by atoms with E-state index >= 15 is 0 Å². The van der Waals surface area contributed by atoms with E-state index in [2.05, 4.69) is 68.6 Å². The molecule has 0 bridgehead atoms. The van der Waals surface area contributed by atoms with Gasteiger partial charge in [-0.15, -0.1) is 0 Å². The van der Waals surface area contributed by atoms with E-state index in [0.717, 1.165) is 43.7 Å². The number of hydrogen-bond acceptors (Lipinski definition) is 3. The molecule has 4 heterocycles. The summed E-state index contributed by atoms with van der Waals surface area (Å²) >= 11 is 0. The quantitative estimate of drug-likeness (QED) is 0.453. The number of aromatic nitrogens is 4. The molecule has 3 aromatic heterocycles. The summed E-state index contributed by atoms with van der Waals surface area (Å²) in [5.74, 6) is 1.56. The Kier molecular flexibility index (Phi) is 5.99. The lowest BCUT2D eigenvalue weighted by atomic mass is 9.89. The number of aromatic amines is 1. The Bertz CT molecular complexity index is 1260. The molecule has 0 spiro atoms. The molecule has 0 radical (unpaired) electrons. The van der Waals surface area contributed by atoms with Crippen LogP contribution in [0.5, 0.6) is 0 Å². The normalized spacial score (nSPS) is 16.4. The SMILES string of the molecule is CCc1nccn1CCC(=O)N1CCC[C@H](c2[nH]c3ccc(C)cc3c2-c2ccncc2)C1. The highest BCUT2D eigenvalue weighted by Gasteiger charge is 2.28. The van der Waals surface area contributed by atoms with Gasteiger partial charge in [0.25, 0.3) is 0 Å². The van der Waals surface area contributed by atoms with Crippen LogP contribution in [0.15, 0.2) is 55.1 Å². The van der Waals surface area contributed by atoms with Crippen molar-refractivity contribution >= 4 is 16.8 Å². The van der Waals surface area contributed by atoms with Gasteiger partial charge in [-0.25, -0.2) is 4.98 Å². The second-order valence-corrected chi connectivity index (χ2v) is 9.02. The van der Waals surface area contributed by atoms with E-state index < -0.39 is 0 Å². The number of piperidine rings is 1. The summed E-state index contributed by atoms with van der Waals surface area (Å²) in [5.41, 5.74) is 6.06. The van der Waals surface area contributed by atoms with E-state index in [1.165, 1.54) is 27.8 Å². The molecule has 33 heavy (non-hydrogen) atoms. The van der Waals surface area contributed by atoms with Crippen LogP contribution in [0.2, 0.25) is 0 Å². The van der Waals surface area contributed by atoms with Gasteiger partial charge >= 0.3 is 0 Å². The summed E-state index contributed by atoms with van der Waals surface area (Å²) in [4.78, 5) is 27.5. The minimum atomic E-state index is 0.230. The van der Waals surface area contributed by atoms with Gasteiger partial charge < -0.3 is 14.5 Å². The Morgan fingerprint density at radius 2 is 2.03 bits per heavy atom. The molecule has 4 aromatic rings. The number of aryl methyl sites for hydroxylation is 3. The Balaban J connectivity index is 1.40. The standard InChI is InChI=1S/C27H31N5O/c1-3-24-29-13-16-31(24)15-10-25(33)32-14-4-5-21(18-32)27-26(20-8-11-28-12-9-20)22-17-19(2)6-7-23(22)30-27/h6-9,11-13,16-17,21,30H,3-5,10,14-15,18H2,1-2H3/t21-/m0/s1. The highest BCUT2D eigenvalue weighted by Crippen LogP contribution is 2.39. The summed E-state index contributed by atoms with van der Waals surface area (Å²) in [6.45, 7) is 6.51. The van der Waals surface area contributed by atoms with Gasteiger partial charge in [0.2, 0.25) is 5.91 Å². The van der Waals surface area contributed by atoms with Crippen LogP contribution in [0.25, 0.3) is 22.0 Å². The van der Waals surface area contributed by atoms with Gasteiger partial charge in [-0.3, -0.25) is 9.78 Å². The molecule has 1 aromatic carbocycles. The molecule has 1 aliphatic heterocycles. The molecule has 1 N–H and O–H groups in total. The number of hydrogen-bond donors (Lipinski definition) is 1. The molecule has 0 saturated carbocycles. The monoisotopic (exact) mass is 441 g/mol. The average molecular weight is 442 g/mol. The maximum atomic E-state index is 13.1. The number of nitrogens with one attached hydrogen (secondary N) is 1. The molecule has 0 unspecified atom stereocenters. The van der Waals surface area contributed by atoms with E-state index in [4.69, 9.17) is 0 Å². The highest BCUT2D eigenvalue weighted by molar-refractivity contribution is 5.98. The van der Waals surface area contributed by atoms with Crippen molar-refractivity contribution in [2.24, 2.45) is 0 Å². The molecule has 1 fully saturated rings. The highest BCUT2D eigenvalue weighted by atomic mass is 16.2.